The first-order chi connectivity index (χ1) is 13.6. The number of carbonyl (C=O) groups is 2. The number of anilines is 1. The highest BCUT2D eigenvalue weighted by atomic mass is 16.5. The molecule has 3 fully saturated rings. The monoisotopic (exact) mass is 385 g/mol. The largest absolute Gasteiger partial charge is 0.381 e. The van der Waals surface area contributed by atoms with Crippen LogP contribution in [0.4, 0.5) is 10.5 Å². The molecule has 1 atom stereocenters. The molecule has 0 aromatic heterocycles. The zero-order valence-corrected chi connectivity index (χ0v) is 16.8. The highest BCUT2D eigenvalue weighted by Crippen LogP contribution is 2.45. The number of ether oxygens (including phenoxy) is 1. The number of rotatable bonds is 3. The highest BCUT2D eigenvalue weighted by molar-refractivity contribution is 5.91. The van der Waals surface area contributed by atoms with E-state index in [0.717, 1.165) is 56.4 Å². The fourth-order valence-electron chi connectivity index (χ4n) is 5.05. The average molecular weight is 386 g/mol. The van der Waals surface area contributed by atoms with Crippen LogP contribution in [0.15, 0.2) is 24.3 Å². The van der Waals surface area contributed by atoms with Gasteiger partial charge < -0.3 is 19.9 Å². The molecule has 0 unspecified atom stereocenters. The lowest BCUT2D eigenvalue weighted by atomic mass is 9.71. The Bertz CT molecular complexity index is 723. The van der Waals surface area contributed by atoms with Gasteiger partial charge in [0.2, 0.25) is 5.91 Å². The number of carbonyl (C=O) groups excluding carboxylic acids is 2. The summed E-state index contributed by atoms with van der Waals surface area (Å²) < 4.78 is 5.59. The first-order valence-electron chi connectivity index (χ1n) is 10.6. The smallest absolute Gasteiger partial charge is 0.321 e. The van der Waals surface area contributed by atoms with Crippen LogP contribution in [0.3, 0.4) is 0 Å². The molecule has 3 saturated heterocycles. The minimum atomic E-state index is -0.139. The zero-order chi connectivity index (χ0) is 19.6. The van der Waals surface area contributed by atoms with Gasteiger partial charge in [0.05, 0.1) is 5.92 Å². The van der Waals surface area contributed by atoms with Crippen molar-refractivity contribution >= 4 is 17.6 Å². The predicted molar refractivity (Wildman–Crippen MR) is 108 cm³/mol. The fourth-order valence-corrected chi connectivity index (χ4v) is 5.05. The van der Waals surface area contributed by atoms with Gasteiger partial charge >= 0.3 is 6.03 Å². The standard InChI is InChI=1S/C22H31N3O3/c1-2-17-7-3-4-8-19(17)23-21(27)25-15-18(20(26)24-11-5-6-12-24)22(16-25)9-13-28-14-10-22/h3-4,7-8,18H,2,5-6,9-16H2,1H3,(H,23,27)/t18-/m1/s1. The quantitative estimate of drug-likeness (QED) is 0.870. The van der Waals surface area contributed by atoms with Gasteiger partial charge in [-0.15, -0.1) is 0 Å². The van der Waals surface area contributed by atoms with Gasteiger partial charge in [-0.25, -0.2) is 4.79 Å². The highest BCUT2D eigenvalue weighted by Gasteiger charge is 2.52. The summed E-state index contributed by atoms with van der Waals surface area (Å²) in [6.07, 6.45) is 4.76. The molecule has 0 saturated carbocycles. The topological polar surface area (TPSA) is 61.9 Å². The lowest BCUT2D eigenvalue weighted by molar-refractivity contribution is -0.139. The summed E-state index contributed by atoms with van der Waals surface area (Å²) in [4.78, 5) is 30.2. The number of para-hydroxylation sites is 1. The molecule has 6 nitrogen and oxygen atoms in total. The minimum absolute atomic E-state index is 0.0940. The molecule has 1 N–H and O–H groups in total. The molecule has 152 valence electrons. The number of hydrogen-bond donors (Lipinski definition) is 1. The van der Waals surface area contributed by atoms with Crippen molar-refractivity contribution in [3.05, 3.63) is 29.8 Å². The lowest BCUT2D eigenvalue weighted by Gasteiger charge is -2.38. The van der Waals surface area contributed by atoms with E-state index in [9.17, 15) is 9.59 Å². The lowest BCUT2D eigenvalue weighted by Crippen LogP contribution is -2.45. The number of hydrogen-bond acceptors (Lipinski definition) is 3. The van der Waals surface area contributed by atoms with Crippen LogP contribution in [0.5, 0.6) is 0 Å². The molecule has 1 aromatic carbocycles. The van der Waals surface area contributed by atoms with E-state index in [1.807, 2.05) is 34.1 Å². The number of benzene rings is 1. The van der Waals surface area contributed by atoms with E-state index in [4.69, 9.17) is 4.74 Å². The third kappa shape index (κ3) is 3.62. The van der Waals surface area contributed by atoms with Crippen LogP contribution in [0, 0.1) is 11.3 Å². The van der Waals surface area contributed by atoms with E-state index in [1.165, 1.54) is 0 Å². The van der Waals surface area contributed by atoms with Crippen LogP contribution in [0.25, 0.3) is 0 Å². The van der Waals surface area contributed by atoms with Crippen molar-refractivity contribution in [3.8, 4) is 0 Å². The van der Waals surface area contributed by atoms with E-state index in [0.29, 0.717) is 26.3 Å². The summed E-state index contributed by atoms with van der Waals surface area (Å²) in [5.74, 6) is 0.130. The first-order valence-corrected chi connectivity index (χ1v) is 10.6. The van der Waals surface area contributed by atoms with E-state index in [1.54, 1.807) is 0 Å². The van der Waals surface area contributed by atoms with Crippen molar-refractivity contribution in [2.75, 3.05) is 44.7 Å². The van der Waals surface area contributed by atoms with Crippen molar-refractivity contribution in [1.82, 2.24) is 9.80 Å². The van der Waals surface area contributed by atoms with Crippen LogP contribution >= 0.6 is 0 Å². The molecule has 3 aliphatic heterocycles. The summed E-state index contributed by atoms with van der Waals surface area (Å²) in [5.41, 5.74) is 1.85. The van der Waals surface area contributed by atoms with Gasteiger partial charge in [0.1, 0.15) is 0 Å². The Hall–Kier alpha value is -2.08. The number of nitrogens with one attached hydrogen (secondary N) is 1. The van der Waals surface area contributed by atoms with Crippen molar-refractivity contribution < 1.29 is 14.3 Å². The average Bonchev–Trinajstić information content (AvgIpc) is 3.37. The Morgan fingerprint density at radius 2 is 1.86 bits per heavy atom. The Morgan fingerprint density at radius 3 is 2.57 bits per heavy atom. The molecular formula is C22H31N3O3. The second-order valence-electron chi connectivity index (χ2n) is 8.38. The van der Waals surface area contributed by atoms with Crippen LogP contribution in [-0.4, -0.2) is 61.1 Å². The molecule has 0 bridgehead atoms. The zero-order valence-electron chi connectivity index (χ0n) is 16.8. The maximum Gasteiger partial charge on any atom is 0.321 e. The number of likely N-dealkylation sites (tertiary alicyclic amines) is 2. The molecule has 28 heavy (non-hydrogen) atoms. The van der Waals surface area contributed by atoms with Crippen molar-refractivity contribution in [1.29, 1.82) is 0 Å². The van der Waals surface area contributed by atoms with Crippen LogP contribution in [-0.2, 0) is 16.0 Å². The summed E-state index contributed by atoms with van der Waals surface area (Å²) >= 11 is 0. The third-order valence-corrected chi connectivity index (χ3v) is 6.78. The maximum absolute atomic E-state index is 13.3. The molecule has 1 aromatic rings. The Kier molecular flexibility index (Phi) is 5.58. The Morgan fingerprint density at radius 1 is 1.14 bits per heavy atom. The van der Waals surface area contributed by atoms with Gasteiger partial charge in [-0.3, -0.25) is 4.79 Å². The van der Waals surface area contributed by atoms with Gasteiger partial charge in [0, 0.05) is 50.5 Å². The van der Waals surface area contributed by atoms with Crippen molar-refractivity contribution in [2.45, 2.75) is 39.0 Å². The van der Waals surface area contributed by atoms with Crippen molar-refractivity contribution in [2.24, 2.45) is 11.3 Å². The van der Waals surface area contributed by atoms with E-state index >= 15 is 0 Å². The number of amides is 3. The first kappa shape index (κ1) is 19.2. The van der Waals surface area contributed by atoms with Crippen LogP contribution < -0.4 is 5.32 Å². The van der Waals surface area contributed by atoms with Crippen LogP contribution in [0.2, 0.25) is 0 Å². The van der Waals surface area contributed by atoms with E-state index in [-0.39, 0.29) is 23.3 Å². The molecule has 4 rings (SSSR count). The molecule has 3 heterocycles. The van der Waals surface area contributed by atoms with Gasteiger partial charge in [-0.05, 0) is 43.7 Å². The molecule has 6 heteroatoms. The molecule has 0 radical (unpaired) electrons. The SMILES string of the molecule is CCc1ccccc1NC(=O)N1C[C@H](C(=O)N2CCCC2)C2(CCOCC2)C1. The van der Waals surface area contributed by atoms with E-state index < -0.39 is 0 Å². The summed E-state index contributed by atoms with van der Waals surface area (Å²) in [6, 6.07) is 7.83. The Balaban J connectivity index is 1.52. The minimum Gasteiger partial charge on any atom is -0.381 e. The molecule has 3 aliphatic rings. The van der Waals surface area contributed by atoms with Gasteiger partial charge in [-0.2, -0.15) is 0 Å². The number of aryl methyl sites for hydroxylation is 1. The predicted octanol–water partition coefficient (Wildman–Crippen LogP) is 3.13. The second-order valence-corrected chi connectivity index (χ2v) is 8.38. The van der Waals surface area contributed by atoms with Crippen molar-refractivity contribution in [3.63, 3.8) is 0 Å². The molecule has 3 amide bonds. The normalized spacial score (nSPS) is 24.0. The number of nitrogens with zero attached hydrogens (tertiary/aromatic N) is 2. The van der Waals surface area contributed by atoms with E-state index in [2.05, 4.69) is 12.2 Å². The number of urea groups is 1. The van der Waals surface area contributed by atoms with Gasteiger partial charge in [0.15, 0.2) is 0 Å². The summed E-state index contributed by atoms with van der Waals surface area (Å²) in [5, 5.41) is 3.09. The van der Waals surface area contributed by atoms with Crippen LogP contribution in [0.1, 0.15) is 38.2 Å². The Labute approximate surface area is 167 Å². The molecule has 1 spiro atoms. The molecule has 0 aliphatic carbocycles. The van der Waals surface area contributed by atoms with Gasteiger partial charge in [0.25, 0.3) is 0 Å². The summed E-state index contributed by atoms with van der Waals surface area (Å²) in [7, 11) is 0. The van der Waals surface area contributed by atoms with Gasteiger partial charge in [-0.1, -0.05) is 25.1 Å². The third-order valence-electron chi connectivity index (χ3n) is 6.78. The second kappa shape index (κ2) is 8.11. The summed E-state index contributed by atoms with van der Waals surface area (Å²) in [6.45, 7) is 6.31. The maximum atomic E-state index is 13.3. The molecular weight excluding hydrogens is 354 g/mol. The fraction of sp³-hybridized carbons (Fsp3) is 0.636.